The molecule has 1 nitrogen and oxygen atoms in total. The highest BCUT2D eigenvalue weighted by Crippen LogP contribution is 2.32. The molecule has 4 rings (SSSR count). The summed E-state index contributed by atoms with van der Waals surface area (Å²) >= 11 is 0. The number of aromatic nitrogens is 1. The maximum atomic E-state index is 4.09. The van der Waals surface area contributed by atoms with E-state index in [1.807, 2.05) is 0 Å². The van der Waals surface area contributed by atoms with Crippen molar-refractivity contribution < 1.29 is 0 Å². The fraction of sp³-hybridized carbons (Fsp3) is 0.290. The van der Waals surface area contributed by atoms with E-state index in [0.717, 1.165) is 12.0 Å². The van der Waals surface area contributed by atoms with Gasteiger partial charge in [-0.3, -0.25) is 0 Å². The first kappa shape index (κ1) is 22.1. The lowest BCUT2D eigenvalue weighted by Crippen LogP contribution is -2.10. The molecular formula is C31H35N. The Balaban J connectivity index is 1.68. The minimum atomic E-state index is 0.355. The predicted molar refractivity (Wildman–Crippen MR) is 140 cm³/mol. The van der Waals surface area contributed by atoms with Gasteiger partial charge >= 0.3 is 0 Å². The lowest BCUT2D eigenvalue weighted by atomic mass is 9.97. The molecule has 0 spiro atoms. The van der Waals surface area contributed by atoms with E-state index in [0.29, 0.717) is 6.04 Å². The van der Waals surface area contributed by atoms with Crippen molar-refractivity contribution in [2.75, 3.05) is 0 Å². The SMILES string of the molecule is C=C(C)c1ccc(C(CCCCCC)n2ccc3cc(-c4ccc(C)cc4)ccc32)cc1. The van der Waals surface area contributed by atoms with Gasteiger partial charge in [-0.1, -0.05) is 105 Å². The molecular weight excluding hydrogens is 386 g/mol. The number of allylic oxidation sites excluding steroid dienone is 1. The Morgan fingerprint density at radius 3 is 2.25 bits per heavy atom. The zero-order valence-corrected chi connectivity index (χ0v) is 19.8. The van der Waals surface area contributed by atoms with Crippen LogP contribution in [0.5, 0.6) is 0 Å². The zero-order valence-electron chi connectivity index (χ0n) is 19.8. The lowest BCUT2D eigenvalue weighted by molar-refractivity contribution is 0.510. The summed E-state index contributed by atoms with van der Waals surface area (Å²) < 4.78 is 2.48. The first-order valence-corrected chi connectivity index (χ1v) is 12.0. The first-order chi connectivity index (χ1) is 15.6. The molecule has 1 aromatic heterocycles. The van der Waals surface area contributed by atoms with Crippen molar-refractivity contribution in [2.24, 2.45) is 0 Å². The highest BCUT2D eigenvalue weighted by Gasteiger charge is 2.16. The normalized spacial score (nSPS) is 12.2. The van der Waals surface area contributed by atoms with E-state index >= 15 is 0 Å². The molecule has 1 unspecified atom stereocenters. The van der Waals surface area contributed by atoms with Crippen molar-refractivity contribution in [1.82, 2.24) is 4.57 Å². The van der Waals surface area contributed by atoms with Gasteiger partial charge in [0, 0.05) is 17.1 Å². The fourth-order valence-electron chi connectivity index (χ4n) is 4.58. The quantitative estimate of drug-likeness (QED) is 0.237. The van der Waals surface area contributed by atoms with Crippen LogP contribution in [0, 0.1) is 6.92 Å². The molecule has 0 saturated heterocycles. The molecule has 0 fully saturated rings. The largest absolute Gasteiger partial charge is 0.340 e. The van der Waals surface area contributed by atoms with E-state index in [1.54, 1.807) is 0 Å². The summed E-state index contributed by atoms with van der Waals surface area (Å²) in [6, 6.07) is 27.3. The Morgan fingerprint density at radius 1 is 0.844 bits per heavy atom. The van der Waals surface area contributed by atoms with E-state index in [2.05, 4.69) is 111 Å². The number of unbranched alkanes of at least 4 members (excludes halogenated alkanes) is 3. The highest BCUT2D eigenvalue weighted by molar-refractivity contribution is 5.86. The molecule has 1 heteroatoms. The number of benzene rings is 3. The van der Waals surface area contributed by atoms with Crippen LogP contribution in [-0.2, 0) is 0 Å². The summed E-state index contributed by atoms with van der Waals surface area (Å²) in [4.78, 5) is 0. The van der Waals surface area contributed by atoms with Gasteiger partial charge in [0.1, 0.15) is 0 Å². The average molecular weight is 422 g/mol. The van der Waals surface area contributed by atoms with Gasteiger partial charge in [0.05, 0.1) is 6.04 Å². The maximum Gasteiger partial charge on any atom is 0.0585 e. The Morgan fingerprint density at radius 2 is 1.56 bits per heavy atom. The molecule has 0 aliphatic rings. The standard InChI is InChI=1S/C31H35N/c1-5-6-7-8-9-30(27-16-14-25(15-17-27)23(2)3)32-21-20-29-22-28(18-19-31(29)32)26-12-10-24(4)11-13-26/h10-22,30H,2,5-9H2,1,3-4H3. The number of aryl methyl sites for hydroxylation is 1. The molecule has 0 saturated carbocycles. The number of nitrogens with zero attached hydrogens (tertiary/aromatic N) is 1. The van der Waals surface area contributed by atoms with Crippen LogP contribution in [0.25, 0.3) is 27.6 Å². The van der Waals surface area contributed by atoms with Crippen LogP contribution in [0.15, 0.2) is 85.6 Å². The molecule has 0 N–H and O–H groups in total. The van der Waals surface area contributed by atoms with E-state index in [9.17, 15) is 0 Å². The molecule has 1 heterocycles. The number of hydrogen-bond donors (Lipinski definition) is 0. The van der Waals surface area contributed by atoms with Crippen LogP contribution < -0.4 is 0 Å². The van der Waals surface area contributed by atoms with Gasteiger partial charge in [-0.15, -0.1) is 0 Å². The van der Waals surface area contributed by atoms with Gasteiger partial charge in [0.25, 0.3) is 0 Å². The second kappa shape index (κ2) is 10.0. The predicted octanol–water partition coefficient (Wildman–Crippen LogP) is 9.21. The van der Waals surface area contributed by atoms with Crippen molar-refractivity contribution in [1.29, 1.82) is 0 Å². The smallest absolute Gasteiger partial charge is 0.0585 e. The minimum Gasteiger partial charge on any atom is -0.340 e. The van der Waals surface area contributed by atoms with Gasteiger partial charge < -0.3 is 4.57 Å². The van der Waals surface area contributed by atoms with Crippen LogP contribution in [0.1, 0.15) is 68.7 Å². The van der Waals surface area contributed by atoms with E-state index in [-0.39, 0.29) is 0 Å². The number of hydrogen-bond acceptors (Lipinski definition) is 0. The Hall–Kier alpha value is -3.06. The fourth-order valence-corrected chi connectivity index (χ4v) is 4.58. The molecule has 32 heavy (non-hydrogen) atoms. The van der Waals surface area contributed by atoms with Gasteiger partial charge in [0.2, 0.25) is 0 Å². The Labute approximate surface area is 193 Å². The zero-order chi connectivity index (χ0) is 22.5. The van der Waals surface area contributed by atoms with Gasteiger partial charge in [-0.25, -0.2) is 0 Å². The van der Waals surface area contributed by atoms with E-state index in [1.165, 1.54) is 64.4 Å². The monoisotopic (exact) mass is 421 g/mol. The van der Waals surface area contributed by atoms with Crippen molar-refractivity contribution >= 4 is 16.5 Å². The summed E-state index contributed by atoms with van der Waals surface area (Å²) in [5.41, 5.74) is 8.88. The molecule has 164 valence electrons. The first-order valence-electron chi connectivity index (χ1n) is 12.0. The summed E-state index contributed by atoms with van der Waals surface area (Å²) in [6.07, 6.45) is 8.58. The number of fused-ring (bicyclic) bond motifs is 1. The third-order valence-electron chi connectivity index (χ3n) is 6.56. The Bertz CT molecular complexity index is 1180. The van der Waals surface area contributed by atoms with Crippen LogP contribution in [-0.4, -0.2) is 4.57 Å². The molecule has 0 aliphatic carbocycles. The average Bonchev–Trinajstić information content (AvgIpc) is 3.23. The summed E-state index contributed by atoms with van der Waals surface area (Å²) in [5.74, 6) is 0. The van der Waals surface area contributed by atoms with Crippen molar-refractivity contribution in [2.45, 2.75) is 58.9 Å². The molecule has 4 aromatic rings. The van der Waals surface area contributed by atoms with E-state index < -0.39 is 0 Å². The topological polar surface area (TPSA) is 4.93 Å². The third kappa shape index (κ3) is 4.88. The summed E-state index contributed by atoms with van der Waals surface area (Å²) in [5, 5.41) is 1.31. The van der Waals surface area contributed by atoms with Gasteiger partial charge in [-0.05, 0) is 60.7 Å². The van der Waals surface area contributed by atoms with Gasteiger partial charge in [-0.2, -0.15) is 0 Å². The maximum absolute atomic E-state index is 4.09. The third-order valence-corrected chi connectivity index (χ3v) is 6.56. The molecule has 0 bridgehead atoms. The van der Waals surface area contributed by atoms with Crippen molar-refractivity contribution in [3.63, 3.8) is 0 Å². The highest BCUT2D eigenvalue weighted by atomic mass is 15.0. The summed E-state index contributed by atoms with van der Waals surface area (Å²) in [6.45, 7) is 10.6. The molecule has 0 radical (unpaired) electrons. The van der Waals surface area contributed by atoms with Crippen molar-refractivity contribution in [3.05, 3.63) is 102 Å². The molecule has 1 atom stereocenters. The minimum absolute atomic E-state index is 0.355. The number of rotatable bonds is 9. The van der Waals surface area contributed by atoms with Crippen LogP contribution in [0.3, 0.4) is 0 Å². The lowest BCUT2D eigenvalue weighted by Gasteiger charge is -2.22. The second-order valence-electron chi connectivity index (χ2n) is 9.13. The van der Waals surface area contributed by atoms with Crippen molar-refractivity contribution in [3.8, 4) is 11.1 Å². The molecule has 3 aromatic carbocycles. The van der Waals surface area contributed by atoms with Crippen LogP contribution >= 0.6 is 0 Å². The molecule has 0 amide bonds. The molecule has 0 aliphatic heterocycles. The van der Waals surface area contributed by atoms with Crippen LogP contribution in [0.4, 0.5) is 0 Å². The van der Waals surface area contributed by atoms with Crippen LogP contribution in [0.2, 0.25) is 0 Å². The second-order valence-corrected chi connectivity index (χ2v) is 9.13. The summed E-state index contributed by atoms with van der Waals surface area (Å²) in [7, 11) is 0. The van der Waals surface area contributed by atoms with Gasteiger partial charge in [0.15, 0.2) is 0 Å². The Kier molecular flexibility index (Phi) is 6.95. The van der Waals surface area contributed by atoms with E-state index in [4.69, 9.17) is 0 Å².